The molecule has 2 unspecified atom stereocenters. The second-order valence-corrected chi connectivity index (χ2v) is 5.86. The predicted octanol–water partition coefficient (Wildman–Crippen LogP) is 1.96. The fourth-order valence-electron chi connectivity index (χ4n) is 3.35. The molecule has 3 heterocycles. The molecule has 1 N–H and O–H groups in total. The van der Waals surface area contributed by atoms with Gasteiger partial charge < -0.3 is 14.9 Å². The molecule has 0 radical (unpaired) electrons. The number of anilines is 1. The van der Waals surface area contributed by atoms with Crippen molar-refractivity contribution < 1.29 is 14.3 Å². The number of amides is 1. The maximum atomic E-state index is 13.3. The number of likely N-dealkylation sites (tertiary alicyclic amines) is 1. The van der Waals surface area contributed by atoms with Crippen molar-refractivity contribution in [3.63, 3.8) is 0 Å². The summed E-state index contributed by atoms with van der Waals surface area (Å²) in [4.78, 5) is 23.4. The molecule has 1 aromatic carbocycles. The number of aromatic nitrogens is 2. The van der Waals surface area contributed by atoms with Gasteiger partial charge >= 0.3 is 6.09 Å². The molecule has 2 aromatic rings. The standard InChI is InChI=1S/C15H15FN4O2/c16-10-1-2-11-12(5-10)18-14(6-17-11)19-4-3-9-7-20(15(21)22)13(9)8-19/h1-2,5-6,9,13H,3-4,7-8H2,(H,21,22). The number of carboxylic acid groups (broad SMARTS) is 1. The Balaban J connectivity index is 1.60. The van der Waals surface area contributed by atoms with Crippen LogP contribution in [-0.4, -0.2) is 51.7 Å². The molecule has 2 aliphatic rings. The van der Waals surface area contributed by atoms with Crippen molar-refractivity contribution >= 4 is 22.9 Å². The van der Waals surface area contributed by atoms with Crippen molar-refractivity contribution in [3.8, 4) is 0 Å². The Morgan fingerprint density at radius 1 is 1.32 bits per heavy atom. The first-order valence-corrected chi connectivity index (χ1v) is 7.28. The van der Waals surface area contributed by atoms with Crippen LogP contribution < -0.4 is 4.90 Å². The Hall–Kier alpha value is -2.44. The third-order valence-corrected chi connectivity index (χ3v) is 4.61. The van der Waals surface area contributed by atoms with Crippen molar-refractivity contribution in [1.82, 2.24) is 14.9 Å². The lowest BCUT2D eigenvalue weighted by atomic mass is 9.83. The van der Waals surface area contributed by atoms with E-state index in [0.717, 1.165) is 13.0 Å². The zero-order chi connectivity index (χ0) is 15.3. The minimum Gasteiger partial charge on any atom is -0.465 e. The van der Waals surface area contributed by atoms with Gasteiger partial charge in [0.25, 0.3) is 0 Å². The van der Waals surface area contributed by atoms with E-state index in [4.69, 9.17) is 5.11 Å². The minimum atomic E-state index is -0.866. The highest BCUT2D eigenvalue weighted by Crippen LogP contribution is 2.34. The molecule has 22 heavy (non-hydrogen) atoms. The first-order chi connectivity index (χ1) is 10.6. The van der Waals surface area contributed by atoms with E-state index in [9.17, 15) is 9.18 Å². The number of hydrogen-bond donors (Lipinski definition) is 1. The number of rotatable bonds is 1. The lowest BCUT2D eigenvalue weighted by Crippen LogP contribution is -2.65. The predicted molar refractivity (Wildman–Crippen MR) is 78.3 cm³/mol. The quantitative estimate of drug-likeness (QED) is 0.872. The van der Waals surface area contributed by atoms with Crippen LogP contribution in [0.5, 0.6) is 0 Å². The summed E-state index contributed by atoms with van der Waals surface area (Å²) < 4.78 is 13.3. The van der Waals surface area contributed by atoms with Crippen LogP contribution in [0.1, 0.15) is 6.42 Å². The summed E-state index contributed by atoms with van der Waals surface area (Å²) >= 11 is 0. The summed E-state index contributed by atoms with van der Waals surface area (Å²) in [6.45, 7) is 2.07. The van der Waals surface area contributed by atoms with Crippen LogP contribution in [-0.2, 0) is 0 Å². The average molecular weight is 302 g/mol. The number of halogens is 1. The largest absolute Gasteiger partial charge is 0.465 e. The molecule has 2 fully saturated rings. The van der Waals surface area contributed by atoms with Gasteiger partial charge in [-0.15, -0.1) is 0 Å². The van der Waals surface area contributed by atoms with E-state index < -0.39 is 6.09 Å². The summed E-state index contributed by atoms with van der Waals surface area (Å²) in [6.07, 6.45) is 1.75. The number of hydrogen-bond acceptors (Lipinski definition) is 4. The number of nitrogens with zero attached hydrogens (tertiary/aromatic N) is 4. The average Bonchev–Trinajstić information content (AvgIpc) is 2.47. The van der Waals surface area contributed by atoms with Crippen molar-refractivity contribution in [2.45, 2.75) is 12.5 Å². The van der Waals surface area contributed by atoms with Gasteiger partial charge in [-0.2, -0.15) is 0 Å². The van der Waals surface area contributed by atoms with Crippen molar-refractivity contribution in [2.75, 3.05) is 24.5 Å². The molecule has 2 atom stereocenters. The van der Waals surface area contributed by atoms with Gasteiger partial charge in [0, 0.05) is 31.6 Å². The lowest BCUT2D eigenvalue weighted by molar-refractivity contribution is 0.0135. The maximum Gasteiger partial charge on any atom is 0.407 e. The minimum absolute atomic E-state index is 0.0243. The molecule has 7 heteroatoms. The second-order valence-electron chi connectivity index (χ2n) is 5.86. The molecule has 2 aliphatic heterocycles. The van der Waals surface area contributed by atoms with E-state index in [2.05, 4.69) is 9.97 Å². The molecular formula is C15H15FN4O2. The molecule has 0 spiro atoms. The van der Waals surface area contributed by atoms with Crippen LogP contribution in [0.3, 0.4) is 0 Å². The van der Waals surface area contributed by atoms with Crippen molar-refractivity contribution in [2.24, 2.45) is 5.92 Å². The van der Waals surface area contributed by atoms with Crippen molar-refractivity contribution in [1.29, 1.82) is 0 Å². The first kappa shape index (κ1) is 13.2. The fraction of sp³-hybridized carbons (Fsp3) is 0.400. The summed E-state index contributed by atoms with van der Waals surface area (Å²) in [7, 11) is 0. The monoisotopic (exact) mass is 302 g/mol. The zero-order valence-corrected chi connectivity index (χ0v) is 11.8. The van der Waals surface area contributed by atoms with Gasteiger partial charge in [-0.3, -0.25) is 4.98 Å². The molecular weight excluding hydrogens is 287 g/mol. The Kier molecular flexibility index (Phi) is 2.88. The number of fused-ring (bicyclic) bond motifs is 2. The van der Waals surface area contributed by atoms with E-state index in [1.807, 2.05) is 4.90 Å². The molecule has 0 bridgehead atoms. The van der Waals surface area contributed by atoms with Gasteiger partial charge in [-0.05, 0) is 18.6 Å². The summed E-state index contributed by atoms with van der Waals surface area (Å²) in [5, 5.41) is 9.14. The normalized spacial score (nSPS) is 24.0. The SMILES string of the molecule is O=C(O)N1CC2CCN(c3cnc4ccc(F)cc4n3)CC21. The molecule has 6 nitrogen and oxygen atoms in total. The van der Waals surface area contributed by atoms with Gasteiger partial charge in [-0.1, -0.05) is 0 Å². The number of carbonyl (C=O) groups is 1. The van der Waals surface area contributed by atoms with E-state index in [-0.39, 0.29) is 11.9 Å². The summed E-state index contributed by atoms with van der Waals surface area (Å²) in [6, 6.07) is 4.36. The highest BCUT2D eigenvalue weighted by molar-refractivity contribution is 5.75. The van der Waals surface area contributed by atoms with Gasteiger partial charge in [0.2, 0.25) is 0 Å². The third kappa shape index (κ3) is 2.04. The van der Waals surface area contributed by atoms with E-state index in [1.54, 1.807) is 12.3 Å². The topological polar surface area (TPSA) is 69.6 Å². The van der Waals surface area contributed by atoms with Crippen LogP contribution in [0.4, 0.5) is 15.0 Å². The summed E-state index contributed by atoms with van der Waals surface area (Å²) in [5.41, 5.74) is 1.17. The van der Waals surface area contributed by atoms with Crippen molar-refractivity contribution in [3.05, 3.63) is 30.2 Å². The molecule has 0 aliphatic carbocycles. The van der Waals surface area contributed by atoms with E-state index in [1.165, 1.54) is 17.0 Å². The molecule has 2 saturated heterocycles. The Bertz CT molecular complexity index is 753. The third-order valence-electron chi connectivity index (χ3n) is 4.61. The molecule has 1 amide bonds. The second kappa shape index (κ2) is 4.79. The first-order valence-electron chi connectivity index (χ1n) is 7.28. The molecule has 1 aromatic heterocycles. The van der Waals surface area contributed by atoms with E-state index >= 15 is 0 Å². The van der Waals surface area contributed by atoms with Gasteiger partial charge in [0.1, 0.15) is 11.6 Å². The molecule has 4 rings (SSSR count). The fourth-order valence-corrected chi connectivity index (χ4v) is 3.35. The highest BCUT2D eigenvalue weighted by atomic mass is 19.1. The zero-order valence-electron chi connectivity index (χ0n) is 11.8. The maximum absolute atomic E-state index is 13.3. The molecule has 114 valence electrons. The van der Waals surface area contributed by atoms with E-state index in [0.29, 0.717) is 35.9 Å². The van der Waals surface area contributed by atoms with Crippen LogP contribution in [0, 0.1) is 11.7 Å². The van der Waals surface area contributed by atoms with Crippen LogP contribution >= 0.6 is 0 Å². The van der Waals surface area contributed by atoms with Gasteiger partial charge in [0.05, 0.1) is 23.3 Å². The number of benzene rings is 1. The van der Waals surface area contributed by atoms with Crippen LogP contribution in [0.25, 0.3) is 11.0 Å². The smallest absolute Gasteiger partial charge is 0.407 e. The highest BCUT2D eigenvalue weighted by Gasteiger charge is 2.45. The van der Waals surface area contributed by atoms with Gasteiger partial charge in [-0.25, -0.2) is 14.2 Å². The van der Waals surface area contributed by atoms with Gasteiger partial charge in [0.15, 0.2) is 0 Å². The van der Waals surface area contributed by atoms with Crippen LogP contribution in [0.15, 0.2) is 24.4 Å². The Morgan fingerprint density at radius 2 is 2.18 bits per heavy atom. The summed E-state index contributed by atoms with van der Waals surface area (Å²) in [5.74, 6) is 0.778. The Morgan fingerprint density at radius 3 is 3.00 bits per heavy atom. The molecule has 0 saturated carbocycles. The Labute approximate surface area is 126 Å². The van der Waals surface area contributed by atoms with Crippen LogP contribution in [0.2, 0.25) is 0 Å². The lowest BCUT2D eigenvalue weighted by Gasteiger charge is -2.52. The number of piperidine rings is 1.